The molecule has 2 aromatic carbocycles. The Morgan fingerprint density at radius 3 is 2.58 bits per heavy atom. The van der Waals surface area contributed by atoms with Crippen molar-refractivity contribution in [2.75, 3.05) is 17.7 Å². The maximum absolute atomic E-state index is 12.3. The summed E-state index contributed by atoms with van der Waals surface area (Å²) in [5, 5.41) is 6.78. The maximum Gasteiger partial charge on any atom is 0.274 e. The molecule has 0 unspecified atom stereocenters. The molecule has 26 heavy (non-hydrogen) atoms. The van der Waals surface area contributed by atoms with Crippen LogP contribution in [0.4, 0.5) is 17.1 Å². The summed E-state index contributed by atoms with van der Waals surface area (Å²) in [6.07, 6.45) is 1.55. The molecule has 0 aliphatic carbocycles. The highest BCUT2D eigenvalue weighted by Crippen LogP contribution is 2.31. The summed E-state index contributed by atoms with van der Waals surface area (Å²) in [5.41, 5.74) is 2.27. The predicted octanol–water partition coefficient (Wildman–Crippen LogP) is 5.39. The smallest absolute Gasteiger partial charge is 0.274 e. The number of carbonyl (C=O) groups excluding carboxylic acids is 1. The molecule has 2 N–H and O–H groups in total. The number of halogens is 2. The van der Waals surface area contributed by atoms with E-state index in [0.29, 0.717) is 32.9 Å². The van der Waals surface area contributed by atoms with Crippen molar-refractivity contribution >= 4 is 46.2 Å². The third kappa shape index (κ3) is 4.25. The largest absolute Gasteiger partial charge is 0.497 e. The van der Waals surface area contributed by atoms with Crippen LogP contribution in [-0.4, -0.2) is 18.0 Å². The molecule has 3 rings (SSSR count). The molecule has 0 saturated heterocycles. The number of rotatable bonds is 5. The van der Waals surface area contributed by atoms with Crippen molar-refractivity contribution in [2.24, 2.45) is 0 Å². The number of ether oxygens (including phenoxy) is 1. The number of hydrogen-bond donors (Lipinski definition) is 2. The van der Waals surface area contributed by atoms with Crippen LogP contribution in [0.15, 0.2) is 60.8 Å². The Labute approximate surface area is 160 Å². The first-order valence-electron chi connectivity index (χ1n) is 7.69. The van der Waals surface area contributed by atoms with Gasteiger partial charge >= 0.3 is 0 Å². The predicted molar refractivity (Wildman–Crippen MR) is 105 cm³/mol. The number of nitrogens with zero attached hydrogens (tertiary/aromatic N) is 1. The average molecular weight is 388 g/mol. The Kier molecular flexibility index (Phi) is 5.61. The first kappa shape index (κ1) is 18.0. The number of carbonyl (C=O) groups is 1. The quantitative estimate of drug-likeness (QED) is 0.615. The van der Waals surface area contributed by atoms with E-state index in [0.717, 1.165) is 0 Å². The molecule has 0 bridgehead atoms. The molecule has 1 heterocycles. The van der Waals surface area contributed by atoms with E-state index in [9.17, 15) is 4.79 Å². The van der Waals surface area contributed by atoms with Gasteiger partial charge in [0.15, 0.2) is 0 Å². The van der Waals surface area contributed by atoms with Crippen LogP contribution < -0.4 is 15.4 Å². The molecule has 0 atom stereocenters. The monoisotopic (exact) mass is 387 g/mol. The number of benzene rings is 2. The molecule has 1 amide bonds. The topological polar surface area (TPSA) is 63.2 Å². The molecular weight excluding hydrogens is 373 g/mol. The van der Waals surface area contributed by atoms with Crippen molar-refractivity contribution in [1.29, 1.82) is 0 Å². The molecule has 5 nitrogen and oxygen atoms in total. The van der Waals surface area contributed by atoms with Gasteiger partial charge in [0.2, 0.25) is 0 Å². The molecule has 0 aliphatic rings. The molecule has 0 fully saturated rings. The number of nitrogens with one attached hydrogen (secondary N) is 2. The summed E-state index contributed by atoms with van der Waals surface area (Å²) in [7, 11) is 1.57. The molecule has 0 spiro atoms. The van der Waals surface area contributed by atoms with E-state index in [1.54, 1.807) is 67.9 Å². The fourth-order valence-corrected chi connectivity index (χ4v) is 2.60. The molecule has 132 valence electrons. The van der Waals surface area contributed by atoms with Gasteiger partial charge in [-0.3, -0.25) is 4.79 Å². The third-order valence-electron chi connectivity index (χ3n) is 3.55. The maximum atomic E-state index is 12.3. The molecule has 3 aromatic rings. The first-order valence-corrected chi connectivity index (χ1v) is 8.45. The van der Waals surface area contributed by atoms with Gasteiger partial charge in [0.05, 0.1) is 34.7 Å². The average Bonchev–Trinajstić information content (AvgIpc) is 2.66. The van der Waals surface area contributed by atoms with E-state index in [-0.39, 0.29) is 11.6 Å². The van der Waals surface area contributed by atoms with Crippen LogP contribution in [0.2, 0.25) is 10.0 Å². The third-order valence-corrected chi connectivity index (χ3v) is 4.37. The van der Waals surface area contributed by atoms with Crippen LogP contribution in [0, 0.1) is 0 Å². The van der Waals surface area contributed by atoms with Crippen LogP contribution in [0.5, 0.6) is 5.75 Å². The molecule has 0 aliphatic heterocycles. The zero-order valence-electron chi connectivity index (χ0n) is 13.8. The fourth-order valence-electron chi connectivity index (χ4n) is 2.25. The lowest BCUT2D eigenvalue weighted by Gasteiger charge is -2.10. The van der Waals surface area contributed by atoms with Crippen molar-refractivity contribution in [3.63, 3.8) is 0 Å². The lowest BCUT2D eigenvalue weighted by molar-refractivity contribution is 0.102. The van der Waals surface area contributed by atoms with Gasteiger partial charge in [0, 0.05) is 11.8 Å². The van der Waals surface area contributed by atoms with Gasteiger partial charge in [-0.05, 0) is 36.4 Å². The number of hydrogen-bond acceptors (Lipinski definition) is 4. The van der Waals surface area contributed by atoms with Crippen LogP contribution in [0.1, 0.15) is 10.5 Å². The second kappa shape index (κ2) is 8.08. The SMILES string of the molecule is COc1cccc(NC(=O)c2ccc(Nc3cccc(Cl)c3Cl)cn2)c1. The molecule has 0 saturated carbocycles. The number of amides is 1. The van der Waals surface area contributed by atoms with Crippen LogP contribution in [0.25, 0.3) is 0 Å². The van der Waals surface area contributed by atoms with E-state index in [2.05, 4.69) is 15.6 Å². The summed E-state index contributed by atoms with van der Waals surface area (Å²) in [4.78, 5) is 16.5. The van der Waals surface area contributed by atoms with Crippen LogP contribution in [-0.2, 0) is 0 Å². The lowest BCUT2D eigenvalue weighted by Crippen LogP contribution is -2.13. The van der Waals surface area contributed by atoms with E-state index in [4.69, 9.17) is 27.9 Å². The van der Waals surface area contributed by atoms with Crippen molar-refractivity contribution in [1.82, 2.24) is 4.98 Å². The minimum absolute atomic E-state index is 0.288. The van der Waals surface area contributed by atoms with Crippen LogP contribution >= 0.6 is 23.2 Å². The highest BCUT2D eigenvalue weighted by Gasteiger charge is 2.09. The number of anilines is 3. The van der Waals surface area contributed by atoms with Gasteiger partial charge in [0.25, 0.3) is 5.91 Å². The zero-order valence-corrected chi connectivity index (χ0v) is 15.3. The van der Waals surface area contributed by atoms with Crippen molar-refractivity contribution in [2.45, 2.75) is 0 Å². The Hall–Kier alpha value is -2.76. The molecule has 1 aromatic heterocycles. The minimum Gasteiger partial charge on any atom is -0.497 e. The summed E-state index contributed by atoms with van der Waals surface area (Å²) in [5.74, 6) is 0.347. The summed E-state index contributed by atoms with van der Waals surface area (Å²) in [6, 6.07) is 15.8. The Balaban J connectivity index is 1.70. The molecule has 0 radical (unpaired) electrons. The highest BCUT2D eigenvalue weighted by atomic mass is 35.5. The summed E-state index contributed by atoms with van der Waals surface area (Å²) in [6.45, 7) is 0. The fraction of sp³-hybridized carbons (Fsp3) is 0.0526. The summed E-state index contributed by atoms with van der Waals surface area (Å²) < 4.78 is 5.14. The standard InChI is InChI=1S/C19H15Cl2N3O2/c1-26-14-5-2-4-12(10-14)24-19(25)17-9-8-13(11-22-17)23-16-7-3-6-15(20)18(16)21/h2-11,23H,1H3,(H,24,25). The Morgan fingerprint density at radius 1 is 1.04 bits per heavy atom. The number of methoxy groups -OCH3 is 1. The minimum atomic E-state index is -0.314. The second-order valence-corrected chi connectivity index (χ2v) is 6.13. The van der Waals surface area contributed by atoms with Gasteiger partial charge < -0.3 is 15.4 Å². The first-order chi connectivity index (χ1) is 12.6. The van der Waals surface area contributed by atoms with Gasteiger partial charge in [-0.25, -0.2) is 4.98 Å². The van der Waals surface area contributed by atoms with Gasteiger partial charge in [0.1, 0.15) is 11.4 Å². The normalized spacial score (nSPS) is 10.3. The van der Waals surface area contributed by atoms with E-state index < -0.39 is 0 Å². The second-order valence-electron chi connectivity index (χ2n) is 5.34. The zero-order chi connectivity index (χ0) is 18.5. The Morgan fingerprint density at radius 2 is 1.85 bits per heavy atom. The van der Waals surface area contributed by atoms with Gasteiger partial charge in [-0.15, -0.1) is 0 Å². The van der Waals surface area contributed by atoms with Crippen molar-refractivity contribution in [3.8, 4) is 5.75 Å². The van der Waals surface area contributed by atoms with E-state index >= 15 is 0 Å². The van der Waals surface area contributed by atoms with Crippen molar-refractivity contribution < 1.29 is 9.53 Å². The lowest BCUT2D eigenvalue weighted by atomic mass is 10.2. The number of aromatic nitrogens is 1. The van der Waals surface area contributed by atoms with Gasteiger partial charge in [-0.2, -0.15) is 0 Å². The van der Waals surface area contributed by atoms with E-state index in [1.165, 1.54) is 0 Å². The number of pyridine rings is 1. The van der Waals surface area contributed by atoms with Crippen molar-refractivity contribution in [3.05, 3.63) is 76.5 Å². The van der Waals surface area contributed by atoms with Crippen LogP contribution in [0.3, 0.4) is 0 Å². The molecule has 7 heteroatoms. The van der Waals surface area contributed by atoms with Gasteiger partial charge in [-0.1, -0.05) is 35.3 Å². The highest BCUT2D eigenvalue weighted by molar-refractivity contribution is 6.43. The van der Waals surface area contributed by atoms with E-state index in [1.807, 2.05) is 0 Å². The Bertz CT molecular complexity index is 930. The molecular formula is C19H15Cl2N3O2. The summed E-state index contributed by atoms with van der Waals surface area (Å²) >= 11 is 12.1.